The van der Waals surface area contributed by atoms with Crippen LogP contribution in [0.1, 0.15) is 6.92 Å². The number of guanidine groups is 1. The molecule has 5 heteroatoms. The third-order valence-corrected chi connectivity index (χ3v) is 2.93. The number of nitrogens with one attached hydrogen (secondary N) is 1. The fourth-order valence-electron chi connectivity index (χ4n) is 1.09. The van der Waals surface area contributed by atoms with E-state index >= 15 is 0 Å². The van der Waals surface area contributed by atoms with Gasteiger partial charge in [0.15, 0.2) is 5.96 Å². The maximum Gasteiger partial charge on any atom is 0.188 e. The molecule has 0 aromatic carbocycles. The molecular formula is C7H15N3OS. The highest BCUT2D eigenvalue weighted by Crippen LogP contribution is 2.24. The summed E-state index contributed by atoms with van der Waals surface area (Å²) in [6.45, 7) is 2.76. The molecule has 3 N–H and O–H groups in total. The van der Waals surface area contributed by atoms with Crippen LogP contribution in [0.3, 0.4) is 0 Å². The lowest BCUT2D eigenvalue weighted by Gasteiger charge is -2.20. The highest BCUT2D eigenvalue weighted by Gasteiger charge is 2.23. The fourth-order valence-corrected chi connectivity index (χ4v) is 2.00. The van der Waals surface area contributed by atoms with Crippen LogP contribution >= 0.6 is 11.8 Å². The van der Waals surface area contributed by atoms with Crippen LogP contribution in [0.15, 0.2) is 0 Å². The third kappa shape index (κ3) is 2.57. The van der Waals surface area contributed by atoms with Crippen molar-refractivity contribution in [2.75, 3.05) is 19.3 Å². The Morgan fingerprint density at radius 3 is 2.92 bits per heavy atom. The van der Waals surface area contributed by atoms with Crippen molar-refractivity contribution in [3.05, 3.63) is 0 Å². The molecule has 0 aliphatic carbocycles. The summed E-state index contributed by atoms with van der Waals surface area (Å²) in [6.07, 6.45) is 0.221. The van der Waals surface area contributed by atoms with Gasteiger partial charge in [0.2, 0.25) is 0 Å². The minimum Gasteiger partial charge on any atom is -0.370 e. The van der Waals surface area contributed by atoms with E-state index in [1.807, 2.05) is 6.92 Å². The average molecular weight is 189 g/mol. The van der Waals surface area contributed by atoms with Crippen molar-refractivity contribution in [3.8, 4) is 0 Å². The summed E-state index contributed by atoms with van der Waals surface area (Å²) in [7, 11) is 1.80. The van der Waals surface area contributed by atoms with Gasteiger partial charge >= 0.3 is 0 Å². The van der Waals surface area contributed by atoms with Gasteiger partial charge in [0, 0.05) is 19.3 Å². The molecule has 1 saturated heterocycles. The van der Waals surface area contributed by atoms with Crippen molar-refractivity contribution >= 4 is 17.7 Å². The number of thioether (sulfide) groups is 1. The van der Waals surface area contributed by atoms with Gasteiger partial charge in [0.25, 0.3) is 0 Å². The first kappa shape index (κ1) is 9.67. The Labute approximate surface area is 76.9 Å². The Morgan fingerprint density at radius 1 is 1.83 bits per heavy atom. The van der Waals surface area contributed by atoms with Crippen molar-refractivity contribution in [1.29, 1.82) is 5.41 Å². The number of hydrogen-bond donors (Lipinski definition) is 2. The van der Waals surface area contributed by atoms with Crippen LogP contribution < -0.4 is 5.73 Å². The summed E-state index contributed by atoms with van der Waals surface area (Å²) < 4.78 is 5.55. The van der Waals surface area contributed by atoms with Crippen LogP contribution in [0.5, 0.6) is 0 Å². The predicted molar refractivity (Wildman–Crippen MR) is 51.3 cm³/mol. The molecule has 12 heavy (non-hydrogen) atoms. The molecular weight excluding hydrogens is 174 g/mol. The molecule has 0 amide bonds. The second kappa shape index (κ2) is 4.00. The molecule has 1 aliphatic heterocycles. The SMILES string of the molecule is C[C@@H]1O[C@H](CN(C)C(=N)N)CS1. The van der Waals surface area contributed by atoms with E-state index in [1.54, 1.807) is 23.7 Å². The van der Waals surface area contributed by atoms with E-state index in [4.69, 9.17) is 15.9 Å². The van der Waals surface area contributed by atoms with Gasteiger partial charge in [-0.2, -0.15) is 0 Å². The summed E-state index contributed by atoms with van der Waals surface area (Å²) in [5.41, 5.74) is 5.58. The summed E-state index contributed by atoms with van der Waals surface area (Å²) in [5, 5.41) is 7.16. The lowest BCUT2D eigenvalue weighted by Crippen LogP contribution is -2.39. The molecule has 0 spiro atoms. The lowest BCUT2D eigenvalue weighted by molar-refractivity contribution is 0.0638. The van der Waals surface area contributed by atoms with Crippen LogP contribution in [0.4, 0.5) is 0 Å². The molecule has 0 unspecified atom stereocenters. The van der Waals surface area contributed by atoms with E-state index < -0.39 is 0 Å². The number of ether oxygens (including phenoxy) is 1. The first-order valence-corrected chi connectivity index (χ1v) is 4.96. The summed E-state index contributed by atoms with van der Waals surface area (Å²) in [6, 6.07) is 0. The number of nitrogens with zero attached hydrogens (tertiary/aromatic N) is 1. The molecule has 0 radical (unpaired) electrons. The Kier molecular flexibility index (Phi) is 3.22. The molecule has 1 heterocycles. The zero-order valence-electron chi connectivity index (χ0n) is 7.41. The van der Waals surface area contributed by atoms with Gasteiger partial charge in [-0.15, -0.1) is 11.8 Å². The van der Waals surface area contributed by atoms with Gasteiger partial charge in [-0.25, -0.2) is 0 Å². The number of nitrogens with two attached hydrogens (primary N) is 1. The largest absolute Gasteiger partial charge is 0.370 e. The van der Waals surface area contributed by atoms with E-state index in [1.165, 1.54) is 0 Å². The number of likely N-dealkylation sites (N-methyl/N-ethyl adjacent to an activating group) is 1. The second-order valence-corrected chi connectivity index (χ2v) is 4.26. The molecule has 4 nitrogen and oxygen atoms in total. The lowest BCUT2D eigenvalue weighted by atomic mass is 10.4. The van der Waals surface area contributed by atoms with Crippen molar-refractivity contribution < 1.29 is 4.74 Å². The second-order valence-electron chi connectivity index (χ2n) is 2.92. The van der Waals surface area contributed by atoms with E-state index in [-0.39, 0.29) is 17.5 Å². The molecule has 1 fully saturated rings. The molecule has 70 valence electrons. The van der Waals surface area contributed by atoms with Gasteiger partial charge in [0.1, 0.15) is 5.44 Å². The Hall–Kier alpha value is -0.420. The van der Waals surface area contributed by atoms with Crippen molar-refractivity contribution in [2.45, 2.75) is 18.5 Å². The van der Waals surface area contributed by atoms with E-state index in [0.717, 1.165) is 5.75 Å². The normalized spacial score (nSPS) is 28.8. The van der Waals surface area contributed by atoms with Gasteiger partial charge in [-0.1, -0.05) is 0 Å². The Morgan fingerprint density at radius 2 is 2.50 bits per heavy atom. The topological polar surface area (TPSA) is 62.3 Å². The maximum absolute atomic E-state index is 7.16. The van der Waals surface area contributed by atoms with E-state index in [2.05, 4.69) is 0 Å². The van der Waals surface area contributed by atoms with E-state index in [9.17, 15) is 0 Å². The molecule has 2 atom stereocenters. The predicted octanol–water partition coefficient (Wildman–Crippen LogP) is 0.290. The van der Waals surface area contributed by atoms with Crippen LogP contribution in [0.25, 0.3) is 0 Å². The molecule has 0 aromatic heterocycles. The smallest absolute Gasteiger partial charge is 0.188 e. The number of hydrogen-bond acceptors (Lipinski definition) is 3. The molecule has 0 aromatic rings. The Bertz CT molecular complexity index is 176. The summed E-state index contributed by atoms with van der Waals surface area (Å²) >= 11 is 1.80. The molecule has 0 bridgehead atoms. The zero-order chi connectivity index (χ0) is 9.14. The standard InChI is InChI=1S/C7H15N3OS/c1-5-11-6(4-12-5)3-10(2)7(8)9/h5-6H,3-4H2,1-2H3,(H3,8,9)/t5-,6-/m1/s1. The Balaban J connectivity index is 2.27. The van der Waals surface area contributed by atoms with Crippen LogP contribution in [0.2, 0.25) is 0 Å². The highest BCUT2D eigenvalue weighted by molar-refractivity contribution is 7.99. The quantitative estimate of drug-likeness (QED) is 0.484. The minimum atomic E-state index is 0.100. The maximum atomic E-state index is 7.16. The third-order valence-electron chi connectivity index (χ3n) is 1.79. The first-order valence-electron chi connectivity index (χ1n) is 3.92. The fraction of sp³-hybridized carbons (Fsp3) is 0.857. The van der Waals surface area contributed by atoms with Crippen molar-refractivity contribution in [2.24, 2.45) is 5.73 Å². The zero-order valence-corrected chi connectivity index (χ0v) is 8.23. The van der Waals surface area contributed by atoms with Gasteiger partial charge < -0.3 is 15.4 Å². The van der Waals surface area contributed by atoms with Crippen LogP contribution in [-0.2, 0) is 4.74 Å². The van der Waals surface area contributed by atoms with Gasteiger partial charge in [-0.05, 0) is 6.92 Å². The number of rotatable bonds is 2. The van der Waals surface area contributed by atoms with Crippen LogP contribution in [0, 0.1) is 5.41 Å². The molecule has 1 aliphatic rings. The van der Waals surface area contributed by atoms with Crippen molar-refractivity contribution in [1.82, 2.24) is 4.90 Å². The highest BCUT2D eigenvalue weighted by atomic mass is 32.2. The van der Waals surface area contributed by atoms with Crippen LogP contribution in [-0.4, -0.2) is 41.7 Å². The molecule has 1 rings (SSSR count). The van der Waals surface area contributed by atoms with Gasteiger partial charge in [-0.3, -0.25) is 5.41 Å². The van der Waals surface area contributed by atoms with Gasteiger partial charge in [0.05, 0.1) is 6.10 Å². The first-order chi connectivity index (χ1) is 5.59. The minimum absolute atomic E-state index is 0.100. The van der Waals surface area contributed by atoms with Crippen molar-refractivity contribution in [3.63, 3.8) is 0 Å². The summed E-state index contributed by atoms with van der Waals surface area (Å²) in [4.78, 5) is 1.70. The summed E-state index contributed by atoms with van der Waals surface area (Å²) in [5.74, 6) is 1.10. The molecule has 0 saturated carbocycles. The van der Waals surface area contributed by atoms with E-state index in [0.29, 0.717) is 6.54 Å². The average Bonchev–Trinajstić information content (AvgIpc) is 2.35. The monoisotopic (exact) mass is 189 g/mol.